The average Bonchev–Trinajstić information content (AvgIpc) is 3.30. The molecule has 0 aromatic heterocycles. The first-order valence-electron chi connectivity index (χ1n) is 24.2. The van der Waals surface area contributed by atoms with Crippen molar-refractivity contribution in [2.45, 2.75) is 169 Å². The molecule has 10 amide bonds. The van der Waals surface area contributed by atoms with E-state index in [4.69, 9.17) is 17.2 Å². The van der Waals surface area contributed by atoms with Gasteiger partial charge in [-0.05, 0) is 54.2 Å². The van der Waals surface area contributed by atoms with E-state index in [1.807, 2.05) is 6.92 Å². The molecule has 0 fully saturated rings. The average molecular weight is 1020 g/mol. The third kappa shape index (κ3) is 20.5. The molecule has 1 aromatic carbocycles. The van der Waals surface area contributed by atoms with Gasteiger partial charge in [0.05, 0.1) is 18.9 Å². The van der Waals surface area contributed by atoms with Crippen molar-refractivity contribution in [2.24, 2.45) is 46.8 Å². The number of aliphatic carboxylic acids is 1. The first kappa shape index (κ1) is 63.2. The van der Waals surface area contributed by atoms with E-state index in [9.17, 15) is 63.0 Å². The molecule has 0 bridgehead atoms. The van der Waals surface area contributed by atoms with Gasteiger partial charge in [0.2, 0.25) is 59.1 Å². The predicted molar refractivity (Wildman–Crippen MR) is 264 cm³/mol. The molecule has 0 aliphatic rings. The highest BCUT2D eigenvalue weighted by atomic mass is 16.4. The molecule has 12 atom stereocenters. The molecule has 24 nitrogen and oxygen atoms in total. The number of rotatable bonds is 31. The second kappa shape index (κ2) is 30.1. The molecule has 0 unspecified atom stereocenters. The maximum absolute atomic E-state index is 14.0. The highest BCUT2D eigenvalue weighted by Gasteiger charge is 2.38. The van der Waals surface area contributed by atoms with Crippen LogP contribution >= 0.6 is 0 Å². The quantitative estimate of drug-likeness (QED) is 0.0401. The van der Waals surface area contributed by atoms with E-state index in [1.165, 1.54) is 31.2 Å². The normalized spacial score (nSPS) is 16.2. The molecule has 16 N–H and O–H groups in total. The zero-order valence-corrected chi connectivity index (χ0v) is 43.3. The molecule has 404 valence electrons. The minimum absolute atomic E-state index is 0.0835. The lowest BCUT2D eigenvalue weighted by Gasteiger charge is -2.30. The highest BCUT2D eigenvalue weighted by Crippen LogP contribution is 2.15. The standard InChI is InChI=1S/C48H79N11O13/c1-12-24(8)35(51)44(67)54-32(21-34(50)62)43(66)59-38(25(9)13-2)46(69)52-27(11)40(63)58-39(26(10)14-3)47(70)56-36(22(4)5)45(68)55-31(20-33(49)61)41(64)53-30(19-28-15-17-29(60)18-16-28)42(65)57-37(23(6)7)48(71)72/h15-18,22-27,30-32,35-39,60H,12-14,19-21,51H2,1-11H3,(H2,49,61)(H2,50,62)(H,52,69)(H,53,64)(H,54,67)(H,55,68)(H,56,70)(H,57,65)(H,58,63)(H,59,66)(H,71,72)/t24-,25-,26-,27-,30-,31-,32-,35-,36-,37-,38-,39-/m0/s1. The number of primary amides is 2. The van der Waals surface area contributed by atoms with Crippen LogP contribution in [0.3, 0.4) is 0 Å². The van der Waals surface area contributed by atoms with E-state index < -0.39 is 156 Å². The van der Waals surface area contributed by atoms with Crippen LogP contribution in [0.4, 0.5) is 0 Å². The number of amides is 10. The van der Waals surface area contributed by atoms with Crippen LogP contribution < -0.4 is 59.7 Å². The molecule has 0 aliphatic carbocycles. The van der Waals surface area contributed by atoms with Crippen LogP contribution in [0.2, 0.25) is 0 Å². The van der Waals surface area contributed by atoms with Crippen LogP contribution in [0.1, 0.15) is 114 Å². The summed E-state index contributed by atoms with van der Waals surface area (Å²) in [6.07, 6.45) is -0.304. The van der Waals surface area contributed by atoms with Gasteiger partial charge in [-0.25, -0.2) is 4.79 Å². The Hall–Kier alpha value is -6.85. The van der Waals surface area contributed by atoms with E-state index in [2.05, 4.69) is 42.5 Å². The zero-order valence-electron chi connectivity index (χ0n) is 43.3. The third-order valence-electron chi connectivity index (χ3n) is 12.5. The van der Waals surface area contributed by atoms with Crippen molar-refractivity contribution in [3.05, 3.63) is 29.8 Å². The number of carboxylic acid groups (broad SMARTS) is 1. The maximum Gasteiger partial charge on any atom is 0.326 e. The van der Waals surface area contributed by atoms with Gasteiger partial charge >= 0.3 is 5.97 Å². The number of nitrogens with one attached hydrogen (secondary N) is 8. The summed E-state index contributed by atoms with van der Waals surface area (Å²) in [5.74, 6) is -12.9. The zero-order chi connectivity index (χ0) is 55.3. The molecule has 0 saturated heterocycles. The second-order valence-corrected chi connectivity index (χ2v) is 19.1. The minimum atomic E-state index is -1.71. The molecule has 1 rings (SSSR count). The van der Waals surface area contributed by atoms with Crippen LogP contribution in [-0.2, 0) is 59.2 Å². The van der Waals surface area contributed by atoms with Crippen LogP contribution in [-0.4, -0.2) is 130 Å². The summed E-state index contributed by atoms with van der Waals surface area (Å²) in [6.45, 7) is 18.0. The number of hydrogen-bond acceptors (Lipinski definition) is 13. The van der Waals surface area contributed by atoms with Gasteiger partial charge in [0.1, 0.15) is 54.1 Å². The van der Waals surface area contributed by atoms with Gasteiger partial charge < -0.3 is 69.9 Å². The van der Waals surface area contributed by atoms with E-state index in [1.54, 1.807) is 62.3 Å². The Bertz CT molecular complexity index is 2070. The fraction of sp³-hybridized carbons (Fsp3) is 0.646. The Balaban J connectivity index is 3.36. The topological polar surface area (TPSA) is 403 Å². The lowest BCUT2D eigenvalue weighted by atomic mass is 9.95. The molecule has 0 spiro atoms. The van der Waals surface area contributed by atoms with Gasteiger partial charge in [0, 0.05) is 6.42 Å². The number of aromatic hydroxyl groups is 1. The summed E-state index contributed by atoms with van der Waals surface area (Å²) in [5, 5.41) is 39.6. The summed E-state index contributed by atoms with van der Waals surface area (Å²) in [4.78, 5) is 145. The summed E-state index contributed by atoms with van der Waals surface area (Å²) >= 11 is 0. The number of nitrogens with two attached hydrogens (primary N) is 3. The van der Waals surface area contributed by atoms with Crippen molar-refractivity contribution in [3.8, 4) is 5.75 Å². The van der Waals surface area contributed by atoms with E-state index in [-0.39, 0.29) is 18.1 Å². The van der Waals surface area contributed by atoms with Crippen molar-refractivity contribution in [3.63, 3.8) is 0 Å². The van der Waals surface area contributed by atoms with Crippen molar-refractivity contribution in [2.75, 3.05) is 0 Å². The molecule has 72 heavy (non-hydrogen) atoms. The monoisotopic (exact) mass is 1020 g/mol. The largest absolute Gasteiger partial charge is 0.508 e. The Morgan fingerprint density at radius 1 is 0.458 bits per heavy atom. The smallest absolute Gasteiger partial charge is 0.326 e. The van der Waals surface area contributed by atoms with Crippen molar-refractivity contribution in [1.29, 1.82) is 0 Å². The van der Waals surface area contributed by atoms with Gasteiger partial charge in [-0.1, -0.05) is 101 Å². The number of phenols is 1. The lowest BCUT2D eigenvalue weighted by Crippen LogP contribution is -2.62. The number of carboxylic acids is 1. The molecule has 0 heterocycles. The summed E-state index contributed by atoms with van der Waals surface area (Å²) in [5.41, 5.74) is 17.3. The van der Waals surface area contributed by atoms with Crippen LogP contribution in [0, 0.1) is 29.6 Å². The Kier molecular flexibility index (Phi) is 26.4. The number of benzene rings is 1. The number of carbonyl (C=O) groups excluding carboxylic acids is 10. The van der Waals surface area contributed by atoms with Gasteiger partial charge in [-0.2, -0.15) is 0 Å². The molecular weight excluding hydrogens is 939 g/mol. The summed E-state index contributed by atoms with van der Waals surface area (Å²) < 4.78 is 0. The molecule has 0 saturated carbocycles. The minimum Gasteiger partial charge on any atom is -0.508 e. The number of phenolic OH excluding ortho intramolecular Hbond substituents is 1. The van der Waals surface area contributed by atoms with Gasteiger partial charge in [0.15, 0.2) is 0 Å². The van der Waals surface area contributed by atoms with Gasteiger partial charge in [-0.3, -0.25) is 47.9 Å². The Labute approximate surface area is 421 Å². The fourth-order valence-electron chi connectivity index (χ4n) is 7.06. The van der Waals surface area contributed by atoms with Crippen molar-refractivity contribution < 1.29 is 63.0 Å². The first-order valence-corrected chi connectivity index (χ1v) is 24.2. The fourth-order valence-corrected chi connectivity index (χ4v) is 7.06. The molecule has 24 heteroatoms. The Morgan fingerprint density at radius 2 is 0.819 bits per heavy atom. The first-order chi connectivity index (χ1) is 33.5. The van der Waals surface area contributed by atoms with Gasteiger partial charge in [0.25, 0.3) is 0 Å². The van der Waals surface area contributed by atoms with Crippen molar-refractivity contribution in [1.82, 2.24) is 42.5 Å². The Morgan fingerprint density at radius 3 is 1.25 bits per heavy atom. The maximum atomic E-state index is 14.0. The van der Waals surface area contributed by atoms with Crippen molar-refractivity contribution >= 4 is 65.0 Å². The summed E-state index contributed by atoms with van der Waals surface area (Å²) in [6, 6.07) is -6.65. The molecule has 0 radical (unpaired) electrons. The third-order valence-corrected chi connectivity index (χ3v) is 12.5. The summed E-state index contributed by atoms with van der Waals surface area (Å²) in [7, 11) is 0. The molecular formula is C48H79N11O13. The van der Waals surface area contributed by atoms with E-state index >= 15 is 0 Å². The van der Waals surface area contributed by atoms with E-state index in [0.717, 1.165) is 0 Å². The number of carbonyl (C=O) groups is 11. The van der Waals surface area contributed by atoms with Crippen LogP contribution in [0.25, 0.3) is 0 Å². The van der Waals surface area contributed by atoms with Crippen LogP contribution in [0.15, 0.2) is 24.3 Å². The number of hydrogen-bond donors (Lipinski definition) is 13. The van der Waals surface area contributed by atoms with E-state index in [0.29, 0.717) is 24.8 Å². The predicted octanol–water partition coefficient (Wildman–Crippen LogP) is -1.55. The lowest BCUT2D eigenvalue weighted by molar-refractivity contribution is -0.143. The second-order valence-electron chi connectivity index (χ2n) is 19.1. The molecule has 1 aromatic rings. The van der Waals surface area contributed by atoms with Crippen LogP contribution in [0.5, 0.6) is 5.75 Å². The highest BCUT2D eigenvalue weighted by molar-refractivity contribution is 5.99. The molecule has 0 aliphatic heterocycles. The SMILES string of the molecule is CC[C@H](C)[C@H](N)C(=O)N[C@@H](CC(N)=O)C(=O)N[C@H](C(=O)N[C@@H](C)C(=O)N[C@H](C(=O)N[C@H](C(=O)N[C@@H](CC(N)=O)C(=O)N[C@@H](Cc1ccc(O)cc1)C(=O)N[C@H](C(=O)O)C(C)C)C(C)C)[C@@H](C)CC)[C@@H](C)CC. The van der Waals surface area contributed by atoms with Gasteiger partial charge in [-0.15, -0.1) is 0 Å².